The third-order valence-electron chi connectivity index (χ3n) is 2.90. The van der Waals surface area contributed by atoms with Crippen molar-refractivity contribution in [2.24, 2.45) is 0 Å². The number of nitrogens with zero attached hydrogens (tertiary/aromatic N) is 1. The second kappa shape index (κ2) is 7.49. The summed E-state index contributed by atoms with van der Waals surface area (Å²) in [6.45, 7) is 4.44. The van der Waals surface area contributed by atoms with Crippen LogP contribution in [-0.4, -0.2) is 43.8 Å². The van der Waals surface area contributed by atoms with E-state index in [0.717, 1.165) is 38.8 Å². The summed E-state index contributed by atoms with van der Waals surface area (Å²) in [6, 6.07) is 0.0163. The van der Waals surface area contributed by atoms with E-state index < -0.39 is 0 Å². The Bertz CT molecular complexity index is 203. The van der Waals surface area contributed by atoms with Crippen LogP contribution in [-0.2, 0) is 4.74 Å². The molecule has 1 fully saturated rings. The van der Waals surface area contributed by atoms with Gasteiger partial charge in [0.05, 0.1) is 6.10 Å². The van der Waals surface area contributed by atoms with Crippen LogP contribution in [0.25, 0.3) is 0 Å². The van der Waals surface area contributed by atoms with Crippen LogP contribution in [0.5, 0.6) is 0 Å². The Morgan fingerprint density at radius 3 is 2.94 bits per heavy atom. The molecule has 1 aliphatic rings. The number of hydrogen-bond donors (Lipinski definition) is 1. The molecule has 0 bridgehead atoms. The van der Waals surface area contributed by atoms with Gasteiger partial charge >= 0.3 is 6.03 Å². The van der Waals surface area contributed by atoms with Crippen molar-refractivity contribution in [2.45, 2.75) is 45.1 Å². The lowest BCUT2D eigenvalue weighted by atomic mass is 10.1. The van der Waals surface area contributed by atoms with Crippen LogP contribution in [0.2, 0.25) is 0 Å². The molecule has 0 aromatic carbocycles. The molecular weight excluding hydrogens is 204 g/mol. The van der Waals surface area contributed by atoms with Crippen LogP contribution in [0.4, 0.5) is 4.79 Å². The van der Waals surface area contributed by atoms with E-state index in [1.165, 1.54) is 6.42 Å². The quantitative estimate of drug-likeness (QED) is 0.731. The molecule has 94 valence electrons. The highest BCUT2D eigenvalue weighted by Crippen LogP contribution is 2.13. The minimum Gasteiger partial charge on any atom is -0.376 e. The van der Waals surface area contributed by atoms with E-state index in [9.17, 15) is 4.79 Å². The Hall–Kier alpha value is -0.770. The fourth-order valence-corrected chi connectivity index (χ4v) is 1.85. The maximum atomic E-state index is 11.7. The van der Waals surface area contributed by atoms with Crippen LogP contribution in [0.15, 0.2) is 0 Å². The molecule has 1 atom stereocenters. The summed E-state index contributed by atoms with van der Waals surface area (Å²) in [7, 11) is 1.83. The van der Waals surface area contributed by atoms with Crippen molar-refractivity contribution in [3.8, 4) is 0 Å². The molecule has 16 heavy (non-hydrogen) atoms. The van der Waals surface area contributed by atoms with Gasteiger partial charge in [0.15, 0.2) is 0 Å². The molecule has 0 radical (unpaired) electrons. The van der Waals surface area contributed by atoms with E-state index in [0.29, 0.717) is 6.54 Å². The van der Waals surface area contributed by atoms with E-state index in [1.807, 2.05) is 7.05 Å². The van der Waals surface area contributed by atoms with Gasteiger partial charge in [0.2, 0.25) is 0 Å². The summed E-state index contributed by atoms with van der Waals surface area (Å²) < 4.78 is 5.60. The lowest BCUT2D eigenvalue weighted by molar-refractivity contribution is 0.00387. The average molecular weight is 228 g/mol. The molecule has 1 rings (SSSR count). The predicted octanol–water partition coefficient (Wildman–Crippen LogP) is 2.00. The summed E-state index contributed by atoms with van der Waals surface area (Å²) in [6.07, 6.45) is 5.83. The van der Waals surface area contributed by atoms with Crippen LogP contribution in [0.3, 0.4) is 0 Å². The van der Waals surface area contributed by atoms with Crippen molar-refractivity contribution >= 4 is 6.03 Å². The molecule has 2 amide bonds. The highest BCUT2D eigenvalue weighted by molar-refractivity contribution is 5.73. The highest BCUT2D eigenvalue weighted by Gasteiger charge is 2.18. The first-order valence-electron chi connectivity index (χ1n) is 6.34. The van der Waals surface area contributed by atoms with Crippen molar-refractivity contribution in [3.05, 3.63) is 0 Å². The number of ether oxygens (including phenoxy) is 1. The van der Waals surface area contributed by atoms with Crippen molar-refractivity contribution in [3.63, 3.8) is 0 Å². The standard InChI is InChI=1S/C12H24N2O2/c1-3-4-8-13-12(15)14(2)10-11-7-5-6-9-16-11/h11H,3-10H2,1-2H3,(H,13,15). The van der Waals surface area contributed by atoms with E-state index >= 15 is 0 Å². The van der Waals surface area contributed by atoms with Gasteiger partial charge in [-0.15, -0.1) is 0 Å². The lowest BCUT2D eigenvalue weighted by Crippen LogP contribution is -2.42. The van der Waals surface area contributed by atoms with Crippen LogP contribution in [0.1, 0.15) is 39.0 Å². The van der Waals surface area contributed by atoms with E-state index in [4.69, 9.17) is 4.74 Å². The molecule has 0 aliphatic carbocycles. The van der Waals surface area contributed by atoms with Crippen molar-refractivity contribution < 1.29 is 9.53 Å². The molecule has 1 heterocycles. The first-order chi connectivity index (χ1) is 7.74. The Balaban J connectivity index is 2.16. The summed E-state index contributed by atoms with van der Waals surface area (Å²) in [5.41, 5.74) is 0. The van der Waals surface area contributed by atoms with Crippen molar-refractivity contribution in [2.75, 3.05) is 26.7 Å². The van der Waals surface area contributed by atoms with Gasteiger partial charge in [0.1, 0.15) is 0 Å². The molecule has 4 nitrogen and oxygen atoms in total. The third kappa shape index (κ3) is 4.84. The van der Waals surface area contributed by atoms with Crippen LogP contribution in [0, 0.1) is 0 Å². The monoisotopic (exact) mass is 228 g/mol. The fraction of sp³-hybridized carbons (Fsp3) is 0.917. The minimum absolute atomic E-state index is 0.0163. The molecule has 1 unspecified atom stereocenters. The minimum atomic E-state index is 0.0163. The van der Waals surface area contributed by atoms with Gasteiger partial charge in [-0.2, -0.15) is 0 Å². The SMILES string of the molecule is CCCCNC(=O)N(C)CC1CCCCO1. The summed E-state index contributed by atoms with van der Waals surface area (Å²) >= 11 is 0. The zero-order chi connectivity index (χ0) is 11.8. The van der Waals surface area contributed by atoms with Gasteiger partial charge in [-0.1, -0.05) is 13.3 Å². The molecule has 0 aromatic heterocycles. The number of likely N-dealkylation sites (N-methyl/N-ethyl adjacent to an activating group) is 1. The Labute approximate surface area is 98.3 Å². The first-order valence-corrected chi connectivity index (χ1v) is 6.34. The van der Waals surface area contributed by atoms with Crippen molar-refractivity contribution in [1.29, 1.82) is 0 Å². The van der Waals surface area contributed by atoms with E-state index in [-0.39, 0.29) is 12.1 Å². The number of carbonyl (C=O) groups excluding carboxylic acids is 1. The number of nitrogens with one attached hydrogen (secondary N) is 1. The van der Waals surface area contributed by atoms with Gasteiger partial charge in [0.25, 0.3) is 0 Å². The zero-order valence-corrected chi connectivity index (χ0v) is 10.5. The Morgan fingerprint density at radius 1 is 1.50 bits per heavy atom. The molecular formula is C12H24N2O2. The summed E-state index contributed by atoms with van der Waals surface area (Å²) in [4.78, 5) is 13.4. The largest absolute Gasteiger partial charge is 0.376 e. The van der Waals surface area contributed by atoms with Gasteiger partial charge in [-0.3, -0.25) is 0 Å². The number of urea groups is 1. The van der Waals surface area contributed by atoms with Crippen molar-refractivity contribution in [1.82, 2.24) is 10.2 Å². The van der Waals surface area contributed by atoms with E-state index in [1.54, 1.807) is 4.90 Å². The Kier molecular flexibility index (Phi) is 6.23. The predicted molar refractivity (Wildman–Crippen MR) is 64.5 cm³/mol. The average Bonchev–Trinajstić information content (AvgIpc) is 2.30. The topological polar surface area (TPSA) is 41.6 Å². The Morgan fingerprint density at radius 2 is 2.31 bits per heavy atom. The molecule has 4 heteroatoms. The molecule has 1 aliphatic heterocycles. The number of hydrogen-bond acceptors (Lipinski definition) is 2. The van der Waals surface area contributed by atoms with Crippen LogP contribution >= 0.6 is 0 Å². The smallest absolute Gasteiger partial charge is 0.317 e. The molecule has 1 saturated heterocycles. The van der Waals surface area contributed by atoms with Gasteiger partial charge in [0, 0.05) is 26.7 Å². The zero-order valence-electron chi connectivity index (χ0n) is 10.5. The third-order valence-corrected chi connectivity index (χ3v) is 2.90. The first kappa shape index (κ1) is 13.3. The lowest BCUT2D eigenvalue weighted by Gasteiger charge is -2.27. The molecule has 1 N–H and O–H groups in total. The number of unbranched alkanes of at least 4 members (excludes halogenated alkanes) is 1. The van der Waals surface area contributed by atoms with Gasteiger partial charge < -0.3 is 15.0 Å². The summed E-state index contributed by atoms with van der Waals surface area (Å²) in [5, 5.41) is 2.90. The fourth-order valence-electron chi connectivity index (χ4n) is 1.85. The number of rotatable bonds is 5. The summed E-state index contributed by atoms with van der Waals surface area (Å²) in [5.74, 6) is 0. The number of carbonyl (C=O) groups is 1. The molecule has 0 spiro atoms. The second-order valence-electron chi connectivity index (χ2n) is 4.45. The number of amides is 2. The normalized spacial score (nSPS) is 20.5. The maximum absolute atomic E-state index is 11.7. The molecule has 0 aromatic rings. The van der Waals surface area contributed by atoms with E-state index in [2.05, 4.69) is 12.2 Å². The molecule has 0 saturated carbocycles. The van der Waals surface area contributed by atoms with Gasteiger partial charge in [-0.05, 0) is 25.7 Å². The van der Waals surface area contributed by atoms with Gasteiger partial charge in [-0.25, -0.2) is 4.79 Å². The maximum Gasteiger partial charge on any atom is 0.317 e. The van der Waals surface area contributed by atoms with Crippen LogP contribution < -0.4 is 5.32 Å². The highest BCUT2D eigenvalue weighted by atomic mass is 16.5. The second-order valence-corrected chi connectivity index (χ2v) is 4.45.